The number of aromatic amines is 1. The van der Waals surface area contributed by atoms with Crippen molar-refractivity contribution in [2.75, 3.05) is 26.2 Å². The van der Waals surface area contributed by atoms with Gasteiger partial charge in [0, 0.05) is 19.6 Å². The van der Waals surface area contributed by atoms with Gasteiger partial charge >= 0.3 is 0 Å². The number of H-pyrrole nitrogens is 1. The SMILES string of the molecule is Cl.O=C(NCC1CCCN(C(=O)c2cc(-c3cccs3)[nH]n2)C1)C1CCCN1. The molecule has 3 N–H and O–H groups in total. The van der Waals surface area contributed by atoms with Crippen LogP contribution in [-0.2, 0) is 4.79 Å². The lowest BCUT2D eigenvalue weighted by molar-refractivity contribution is -0.123. The fourth-order valence-electron chi connectivity index (χ4n) is 3.84. The summed E-state index contributed by atoms with van der Waals surface area (Å²) in [4.78, 5) is 27.9. The first-order valence-electron chi connectivity index (χ1n) is 9.60. The molecule has 2 unspecified atom stereocenters. The van der Waals surface area contributed by atoms with Crippen molar-refractivity contribution in [3.8, 4) is 10.6 Å². The monoisotopic (exact) mass is 423 g/mol. The van der Waals surface area contributed by atoms with E-state index in [1.165, 1.54) is 0 Å². The Hall–Kier alpha value is -1.90. The predicted octanol–water partition coefficient (Wildman–Crippen LogP) is 2.28. The Labute approximate surface area is 174 Å². The van der Waals surface area contributed by atoms with Gasteiger partial charge in [0.2, 0.25) is 5.91 Å². The maximum atomic E-state index is 12.8. The molecule has 9 heteroatoms. The highest BCUT2D eigenvalue weighted by atomic mass is 35.5. The standard InChI is InChI=1S/C19H25N5O2S.ClH/c25-18(14-5-1-7-20-14)21-11-13-4-2-8-24(12-13)19(26)16-10-15(22-23-16)17-6-3-9-27-17;/h3,6,9-10,13-14,20H,1-2,4-5,7-8,11-12H2,(H,21,25)(H,22,23);1H. The molecule has 28 heavy (non-hydrogen) atoms. The Morgan fingerprint density at radius 3 is 2.96 bits per heavy atom. The highest BCUT2D eigenvalue weighted by Crippen LogP contribution is 2.24. The largest absolute Gasteiger partial charge is 0.354 e. The molecule has 2 atom stereocenters. The second-order valence-corrected chi connectivity index (χ2v) is 8.25. The number of carbonyl (C=O) groups excluding carboxylic acids is 2. The van der Waals surface area contributed by atoms with Crippen LogP contribution in [0.2, 0.25) is 0 Å². The van der Waals surface area contributed by atoms with Gasteiger partial charge in [0.05, 0.1) is 16.6 Å². The van der Waals surface area contributed by atoms with E-state index in [1.54, 1.807) is 11.3 Å². The summed E-state index contributed by atoms with van der Waals surface area (Å²) in [6.45, 7) is 2.95. The Bertz CT molecular complexity index is 788. The number of rotatable bonds is 5. The van der Waals surface area contributed by atoms with E-state index in [0.29, 0.717) is 24.7 Å². The van der Waals surface area contributed by atoms with Crippen molar-refractivity contribution in [3.05, 3.63) is 29.3 Å². The Kier molecular flexibility index (Phi) is 7.09. The normalized spacial score (nSPS) is 21.9. The number of halogens is 1. The van der Waals surface area contributed by atoms with Crippen LogP contribution < -0.4 is 10.6 Å². The molecule has 0 saturated carbocycles. The van der Waals surface area contributed by atoms with Crippen molar-refractivity contribution in [2.45, 2.75) is 31.7 Å². The van der Waals surface area contributed by atoms with Gasteiger partial charge in [-0.2, -0.15) is 5.10 Å². The molecule has 7 nitrogen and oxygen atoms in total. The number of piperidine rings is 1. The zero-order valence-electron chi connectivity index (χ0n) is 15.6. The number of amides is 2. The van der Waals surface area contributed by atoms with Crippen LogP contribution in [0, 0.1) is 5.92 Å². The highest BCUT2D eigenvalue weighted by molar-refractivity contribution is 7.13. The van der Waals surface area contributed by atoms with E-state index in [4.69, 9.17) is 0 Å². The van der Waals surface area contributed by atoms with E-state index in [9.17, 15) is 9.59 Å². The van der Waals surface area contributed by atoms with Crippen molar-refractivity contribution >= 4 is 35.6 Å². The number of hydrogen-bond acceptors (Lipinski definition) is 5. The molecule has 2 aromatic heterocycles. The lowest BCUT2D eigenvalue weighted by atomic mass is 9.97. The predicted molar refractivity (Wildman–Crippen MR) is 112 cm³/mol. The number of likely N-dealkylation sites (tertiary alicyclic amines) is 1. The van der Waals surface area contributed by atoms with Crippen molar-refractivity contribution < 1.29 is 9.59 Å². The minimum absolute atomic E-state index is 0. The number of thiophene rings is 1. The Morgan fingerprint density at radius 1 is 1.32 bits per heavy atom. The molecule has 2 aliphatic rings. The molecule has 2 aromatic rings. The van der Waals surface area contributed by atoms with Crippen molar-refractivity contribution in [3.63, 3.8) is 0 Å². The number of aromatic nitrogens is 2. The second kappa shape index (κ2) is 9.54. The van der Waals surface area contributed by atoms with Crippen molar-refractivity contribution in [1.82, 2.24) is 25.7 Å². The van der Waals surface area contributed by atoms with Crippen LogP contribution in [0.4, 0.5) is 0 Å². The summed E-state index contributed by atoms with van der Waals surface area (Å²) in [5.41, 5.74) is 1.33. The van der Waals surface area contributed by atoms with Crippen LogP contribution in [0.15, 0.2) is 23.6 Å². The summed E-state index contributed by atoms with van der Waals surface area (Å²) in [5, 5.41) is 15.4. The molecule has 0 aromatic carbocycles. The summed E-state index contributed by atoms with van der Waals surface area (Å²) < 4.78 is 0. The van der Waals surface area contributed by atoms with Crippen LogP contribution in [-0.4, -0.2) is 59.1 Å². The van der Waals surface area contributed by atoms with Gasteiger partial charge in [-0.25, -0.2) is 0 Å². The number of carbonyl (C=O) groups is 2. The molecule has 2 saturated heterocycles. The maximum Gasteiger partial charge on any atom is 0.274 e. The topological polar surface area (TPSA) is 90.1 Å². The van der Waals surface area contributed by atoms with Gasteiger partial charge < -0.3 is 15.5 Å². The molecule has 152 valence electrons. The summed E-state index contributed by atoms with van der Waals surface area (Å²) >= 11 is 1.62. The first-order chi connectivity index (χ1) is 13.2. The average molecular weight is 424 g/mol. The van der Waals surface area contributed by atoms with E-state index < -0.39 is 0 Å². The van der Waals surface area contributed by atoms with E-state index >= 15 is 0 Å². The first kappa shape index (κ1) is 20.8. The van der Waals surface area contributed by atoms with Crippen molar-refractivity contribution in [1.29, 1.82) is 0 Å². The number of nitrogens with one attached hydrogen (secondary N) is 3. The fourth-order valence-corrected chi connectivity index (χ4v) is 4.54. The summed E-state index contributed by atoms with van der Waals surface area (Å²) in [7, 11) is 0. The van der Waals surface area contributed by atoms with Crippen molar-refractivity contribution in [2.24, 2.45) is 5.92 Å². The molecule has 4 rings (SSSR count). The Morgan fingerprint density at radius 2 is 2.21 bits per heavy atom. The molecular weight excluding hydrogens is 398 g/mol. The summed E-state index contributed by atoms with van der Waals surface area (Å²) in [6, 6.07) is 5.76. The molecule has 0 radical (unpaired) electrons. The first-order valence-corrected chi connectivity index (χ1v) is 10.5. The van der Waals surface area contributed by atoms with Gasteiger partial charge in [-0.1, -0.05) is 6.07 Å². The number of hydrogen-bond donors (Lipinski definition) is 3. The van der Waals surface area contributed by atoms with Gasteiger partial charge in [0.1, 0.15) is 0 Å². The molecule has 2 amide bonds. The lowest BCUT2D eigenvalue weighted by Gasteiger charge is -2.32. The van der Waals surface area contributed by atoms with Gasteiger partial charge in [-0.3, -0.25) is 14.7 Å². The zero-order chi connectivity index (χ0) is 18.6. The third kappa shape index (κ3) is 4.74. The van der Waals surface area contributed by atoms with E-state index in [-0.39, 0.29) is 30.3 Å². The van der Waals surface area contributed by atoms with Crippen LogP contribution in [0.3, 0.4) is 0 Å². The Balaban J connectivity index is 0.00000225. The molecule has 4 heterocycles. The molecule has 0 spiro atoms. The van der Waals surface area contributed by atoms with E-state index in [0.717, 1.165) is 49.3 Å². The fraction of sp³-hybridized carbons (Fsp3) is 0.526. The van der Waals surface area contributed by atoms with E-state index in [2.05, 4.69) is 20.8 Å². The lowest BCUT2D eigenvalue weighted by Crippen LogP contribution is -2.46. The minimum atomic E-state index is -0.0499. The summed E-state index contributed by atoms with van der Waals surface area (Å²) in [6.07, 6.45) is 3.95. The van der Waals surface area contributed by atoms with E-state index in [1.807, 2.05) is 28.5 Å². The van der Waals surface area contributed by atoms with Crippen LogP contribution in [0.5, 0.6) is 0 Å². The maximum absolute atomic E-state index is 12.8. The average Bonchev–Trinajstić information content (AvgIpc) is 3.46. The highest BCUT2D eigenvalue weighted by Gasteiger charge is 2.28. The quantitative estimate of drug-likeness (QED) is 0.688. The van der Waals surface area contributed by atoms with Crippen LogP contribution >= 0.6 is 23.7 Å². The third-order valence-electron chi connectivity index (χ3n) is 5.33. The smallest absolute Gasteiger partial charge is 0.274 e. The van der Waals surface area contributed by atoms with Gasteiger partial charge in [0.25, 0.3) is 5.91 Å². The summed E-state index contributed by atoms with van der Waals surface area (Å²) in [5.74, 6) is 0.343. The second-order valence-electron chi connectivity index (χ2n) is 7.30. The van der Waals surface area contributed by atoms with Gasteiger partial charge in [-0.15, -0.1) is 23.7 Å². The molecule has 0 aliphatic carbocycles. The van der Waals surface area contributed by atoms with Gasteiger partial charge in [-0.05, 0) is 55.7 Å². The zero-order valence-corrected chi connectivity index (χ0v) is 17.3. The van der Waals surface area contributed by atoms with Gasteiger partial charge in [0.15, 0.2) is 5.69 Å². The third-order valence-corrected chi connectivity index (χ3v) is 6.23. The molecular formula is C19H26ClN5O2S. The molecule has 2 aliphatic heterocycles. The van der Waals surface area contributed by atoms with Crippen LogP contribution in [0.1, 0.15) is 36.2 Å². The number of nitrogens with zero attached hydrogens (tertiary/aromatic N) is 2. The van der Waals surface area contributed by atoms with Crippen LogP contribution in [0.25, 0.3) is 10.6 Å². The molecule has 0 bridgehead atoms. The molecule has 2 fully saturated rings. The minimum Gasteiger partial charge on any atom is -0.354 e.